The Kier molecular flexibility index (Phi) is 5.20. The number of carbonyl (C=O) groups excluding carboxylic acids is 1. The summed E-state index contributed by atoms with van der Waals surface area (Å²) in [5, 5.41) is 3.92. The van der Waals surface area contributed by atoms with Crippen LogP contribution in [0.3, 0.4) is 0 Å². The predicted molar refractivity (Wildman–Crippen MR) is 91.0 cm³/mol. The van der Waals surface area contributed by atoms with E-state index in [1.54, 1.807) is 0 Å². The molecular formula is C16H23N3OS. The number of amides is 1. The number of nitrogens with zero attached hydrogens (tertiary/aromatic N) is 1. The van der Waals surface area contributed by atoms with Crippen LogP contribution in [0.25, 0.3) is 10.1 Å². The molecule has 21 heavy (non-hydrogen) atoms. The van der Waals surface area contributed by atoms with E-state index in [0.29, 0.717) is 23.2 Å². The van der Waals surface area contributed by atoms with Crippen molar-refractivity contribution in [2.45, 2.75) is 26.3 Å². The van der Waals surface area contributed by atoms with Crippen molar-refractivity contribution in [3.8, 4) is 0 Å². The number of carbonyl (C=O) groups is 1. The first-order chi connectivity index (χ1) is 10.0. The maximum Gasteiger partial charge on any atom is 0.263 e. The summed E-state index contributed by atoms with van der Waals surface area (Å²) in [5.41, 5.74) is 6.66. The van der Waals surface area contributed by atoms with Crippen LogP contribution in [0.15, 0.2) is 24.3 Å². The van der Waals surface area contributed by atoms with Crippen LogP contribution < -0.4 is 11.1 Å². The zero-order valence-electron chi connectivity index (χ0n) is 12.8. The fourth-order valence-corrected chi connectivity index (χ4v) is 3.14. The van der Waals surface area contributed by atoms with Gasteiger partial charge in [-0.2, -0.15) is 0 Å². The standard InChI is InChI=1S/C16H23N3OS/c1-11(2)19(3)10-6-9-18-16(20)15-14(17)12-7-4-5-8-13(12)21-15/h4-5,7-8,11H,6,9-10,17H2,1-3H3,(H,18,20). The molecule has 0 spiro atoms. The molecule has 0 saturated carbocycles. The van der Waals surface area contributed by atoms with Crippen LogP contribution in [-0.2, 0) is 0 Å². The number of nitrogen functional groups attached to an aromatic ring is 1. The van der Waals surface area contributed by atoms with Gasteiger partial charge in [0.1, 0.15) is 4.88 Å². The number of anilines is 1. The number of hydrogen-bond acceptors (Lipinski definition) is 4. The van der Waals surface area contributed by atoms with Crippen LogP contribution in [0.2, 0.25) is 0 Å². The molecule has 1 aromatic heterocycles. The number of fused-ring (bicyclic) bond motifs is 1. The molecule has 0 radical (unpaired) electrons. The number of nitrogens with one attached hydrogen (secondary N) is 1. The summed E-state index contributed by atoms with van der Waals surface area (Å²) < 4.78 is 1.06. The molecule has 1 aromatic carbocycles. The molecule has 2 aromatic rings. The average molecular weight is 305 g/mol. The van der Waals surface area contributed by atoms with Gasteiger partial charge in [-0.05, 0) is 39.9 Å². The van der Waals surface area contributed by atoms with Gasteiger partial charge in [-0.3, -0.25) is 4.79 Å². The summed E-state index contributed by atoms with van der Waals surface area (Å²) in [4.78, 5) is 15.1. The second-order valence-electron chi connectivity index (χ2n) is 5.52. The first-order valence-corrected chi connectivity index (χ1v) is 8.07. The van der Waals surface area contributed by atoms with Crippen LogP contribution in [0.4, 0.5) is 5.69 Å². The first kappa shape index (κ1) is 15.8. The van der Waals surface area contributed by atoms with Gasteiger partial charge >= 0.3 is 0 Å². The topological polar surface area (TPSA) is 58.4 Å². The summed E-state index contributed by atoms with van der Waals surface area (Å²) in [7, 11) is 2.09. The molecule has 114 valence electrons. The van der Waals surface area contributed by atoms with Crippen LogP contribution in [0, 0.1) is 0 Å². The highest BCUT2D eigenvalue weighted by atomic mass is 32.1. The maximum absolute atomic E-state index is 12.2. The number of thiophene rings is 1. The molecule has 5 heteroatoms. The summed E-state index contributed by atoms with van der Waals surface area (Å²) in [5.74, 6) is -0.0686. The van der Waals surface area contributed by atoms with E-state index in [4.69, 9.17) is 5.73 Å². The molecule has 1 amide bonds. The maximum atomic E-state index is 12.2. The Hall–Kier alpha value is -1.59. The number of hydrogen-bond donors (Lipinski definition) is 2. The lowest BCUT2D eigenvalue weighted by Gasteiger charge is -2.20. The van der Waals surface area contributed by atoms with Gasteiger partial charge in [0.05, 0.1) is 5.69 Å². The van der Waals surface area contributed by atoms with Gasteiger partial charge in [-0.25, -0.2) is 0 Å². The van der Waals surface area contributed by atoms with Gasteiger partial charge < -0.3 is 16.0 Å². The molecule has 0 atom stereocenters. The van der Waals surface area contributed by atoms with Crippen molar-refractivity contribution in [3.63, 3.8) is 0 Å². The lowest BCUT2D eigenvalue weighted by atomic mass is 10.2. The number of benzene rings is 1. The lowest BCUT2D eigenvalue weighted by Crippen LogP contribution is -2.31. The van der Waals surface area contributed by atoms with Gasteiger partial charge in [0.2, 0.25) is 0 Å². The van der Waals surface area contributed by atoms with Crippen LogP contribution in [0.5, 0.6) is 0 Å². The Morgan fingerprint density at radius 2 is 2.10 bits per heavy atom. The van der Waals surface area contributed by atoms with E-state index in [-0.39, 0.29) is 5.91 Å². The van der Waals surface area contributed by atoms with Crippen LogP contribution >= 0.6 is 11.3 Å². The molecule has 2 rings (SSSR count). The van der Waals surface area contributed by atoms with Gasteiger partial charge in [0.15, 0.2) is 0 Å². The summed E-state index contributed by atoms with van der Waals surface area (Å²) in [6.45, 7) is 5.97. The highest BCUT2D eigenvalue weighted by Gasteiger charge is 2.15. The highest BCUT2D eigenvalue weighted by molar-refractivity contribution is 7.21. The predicted octanol–water partition coefficient (Wildman–Crippen LogP) is 2.94. The fourth-order valence-electron chi connectivity index (χ4n) is 2.10. The average Bonchev–Trinajstić information content (AvgIpc) is 2.81. The van der Waals surface area contributed by atoms with E-state index in [2.05, 4.69) is 31.1 Å². The second-order valence-corrected chi connectivity index (χ2v) is 6.58. The number of rotatable bonds is 6. The van der Waals surface area contributed by atoms with E-state index >= 15 is 0 Å². The van der Waals surface area contributed by atoms with Crippen molar-refractivity contribution in [3.05, 3.63) is 29.1 Å². The largest absolute Gasteiger partial charge is 0.397 e. The normalized spacial score (nSPS) is 11.5. The summed E-state index contributed by atoms with van der Waals surface area (Å²) in [6.07, 6.45) is 0.936. The van der Waals surface area contributed by atoms with Crippen molar-refractivity contribution in [2.24, 2.45) is 0 Å². The van der Waals surface area contributed by atoms with E-state index < -0.39 is 0 Å². The Morgan fingerprint density at radius 3 is 2.76 bits per heavy atom. The molecule has 3 N–H and O–H groups in total. The van der Waals surface area contributed by atoms with Crippen molar-refractivity contribution in [1.82, 2.24) is 10.2 Å². The smallest absolute Gasteiger partial charge is 0.263 e. The number of nitrogens with two attached hydrogens (primary N) is 1. The zero-order chi connectivity index (χ0) is 15.4. The molecule has 0 bridgehead atoms. The Bertz CT molecular complexity index is 621. The van der Waals surface area contributed by atoms with Crippen molar-refractivity contribution in [2.75, 3.05) is 25.9 Å². The third kappa shape index (κ3) is 3.74. The summed E-state index contributed by atoms with van der Waals surface area (Å²) in [6, 6.07) is 8.37. The molecule has 4 nitrogen and oxygen atoms in total. The third-order valence-corrected chi connectivity index (χ3v) is 4.88. The molecule has 0 saturated heterocycles. The van der Waals surface area contributed by atoms with E-state index in [9.17, 15) is 4.79 Å². The van der Waals surface area contributed by atoms with Crippen LogP contribution in [0.1, 0.15) is 29.9 Å². The SMILES string of the molecule is CC(C)N(C)CCCNC(=O)c1sc2ccccc2c1N. The van der Waals surface area contributed by atoms with E-state index in [0.717, 1.165) is 23.1 Å². The molecular weight excluding hydrogens is 282 g/mol. The van der Waals surface area contributed by atoms with Gasteiger partial charge in [0, 0.05) is 22.7 Å². The van der Waals surface area contributed by atoms with Crippen molar-refractivity contribution < 1.29 is 4.79 Å². The molecule has 0 aliphatic carbocycles. The van der Waals surface area contributed by atoms with Crippen molar-refractivity contribution >= 4 is 33.0 Å². The highest BCUT2D eigenvalue weighted by Crippen LogP contribution is 2.33. The van der Waals surface area contributed by atoms with E-state index in [1.807, 2.05) is 24.3 Å². The molecule has 0 unspecified atom stereocenters. The molecule has 1 heterocycles. The Morgan fingerprint density at radius 1 is 1.38 bits per heavy atom. The fraction of sp³-hybridized carbons (Fsp3) is 0.438. The zero-order valence-corrected chi connectivity index (χ0v) is 13.7. The molecule has 0 aliphatic heterocycles. The third-order valence-electron chi connectivity index (χ3n) is 3.69. The molecule has 0 aliphatic rings. The second kappa shape index (κ2) is 6.91. The minimum atomic E-state index is -0.0686. The quantitative estimate of drug-likeness (QED) is 0.807. The molecule has 0 fully saturated rings. The van der Waals surface area contributed by atoms with Gasteiger partial charge in [0.25, 0.3) is 5.91 Å². The Labute approximate surface area is 129 Å². The lowest BCUT2D eigenvalue weighted by molar-refractivity contribution is 0.0956. The van der Waals surface area contributed by atoms with Crippen LogP contribution in [-0.4, -0.2) is 37.0 Å². The van der Waals surface area contributed by atoms with Gasteiger partial charge in [-0.15, -0.1) is 11.3 Å². The van der Waals surface area contributed by atoms with E-state index in [1.165, 1.54) is 11.3 Å². The monoisotopic (exact) mass is 305 g/mol. The minimum absolute atomic E-state index is 0.0686. The Balaban J connectivity index is 1.92. The minimum Gasteiger partial charge on any atom is -0.397 e. The van der Waals surface area contributed by atoms with Crippen molar-refractivity contribution in [1.29, 1.82) is 0 Å². The first-order valence-electron chi connectivity index (χ1n) is 7.26. The summed E-state index contributed by atoms with van der Waals surface area (Å²) >= 11 is 1.45. The van der Waals surface area contributed by atoms with Gasteiger partial charge in [-0.1, -0.05) is 18.2 Å².